The molecule has 0 bridgehead atoms. The molecule has 1 aliphatic rings. The minimum atomic E-state index is -0.769. The standard InChI is InChI=1S/C7H6NOS/c9-10-4-2-6-5-8-3-1-7(6)10/h1,5H,2,4H2. The molecule has 10 heavy (non-hydrogen) atoms. The Kier molecular flexibility index (Phi) is 1.39. The van der Waals surface area contributed by atoms with E-state index in [1.54, 1.807) is 12.3 Å². The van der Waals surface area contributed by atoms with Crippen LogP contribution in [-0.4, -0.2) is 15.3 Å². The smallest absolute Gasteiger partial charge is 0.159 e. The van der Waals surface area contributed by atoms with Gasteiger partial charge in [-0.15, -0.1) is 0 Å². The van der Waals surface area contributed by atoms with Crippen molar-refractivity contribution in [1.29, 1.82) is 0 Å². The summed E-state index contributed by atoms with van der Waals surface area (Å²) in [4.78, 5) is 4.76. The van der Waals surface area contributed by atoms with Gasteiger partial charge in [0.25, 0.3) is 0 Å². The van der Waals surface area contributed by atoms with Gasteiger partial charge in [-0.1, -0.05) is 0 Å². The highest BCUT2D eigenvalue weighted by atomic mass is 32.2. The minimum Gasteiger partial charge on any atom is -0.611 e. The zero-order valence-corrected chi connectivity index (χ0v) is 6.15. The van der Waals surface area contributed by atoms with E-state index in [-0.39, 0.29) is 0 Å². The summed E-state index contributed by atoms with van der Waals surface area (Å²) in [6, 6.07) is 1.72. The first-order valence-electron chi connectivity index (χ1n) is 3.11. The summed E-state index contributed by atoms with van der Waals surface area (Å²) in [7, 11) is 0. The van der Waals surface area contributed by atoms with Gasteiger partial charge in [0.1, 0.15) is 5.75 Å². The summed E-state index contributed by atoms with van der Waals surface area (Å²) < 4.78 is 11.1. The first-order chi connectivity index (χ1) is 4.88. The van der Waals surface area contributed by atoms with Gasteiger partial charge in [-0.05, 0) is 11.2 Å². The van der Waals surface area contributed by atoms with Gasteiger partial charge in [-0.2, -0.15) is 0 Å². The maximum absolute atomic E-state index is 11.1. The van der Waals surface area contributed by atoms with Gasteiger partial charge in [0.05, 0.1) is 6.20 Å². The third kappa shape index (κ3) is 0.822. The van der Waals surface area contributed by atoms with Crippen molar-refractivity contribution < 1.29 is 4.55 Å². The molecule has 2 heterocycles. The molecule has 0 aromatic carbocycles. The van der Waals surface area contributed by atoms with Crippen LogP contribution in [0.15, 0.2) is 17.2 Å². The van der Waals surface area contributed by atoms with Crippen LogP contribution < -0.4 is 0 Å². The van der Waals surface area contributed by atoms with Crippen molar-refractivity contribution in [2.75, 3.05) is 5.75 Å². The number of aryl methyl sites for hydroxylation is 1. The molecule has 51 valence electrons. The maximum atomic E-state index is 11.1. The second-order valence-electron chi connectivity index (χ2n) is 2.22. The molecule has 1 radical (unpaired) electrons. The van der Waals surface area contributed by atoms with Crippen LogP contribution in [0.2, 0.25) is 0 Å². The summed E-state index contributed by atoms with van der Waals surface area (Å²) in [5, 5.41) is 0. The number of hydrogen-bond donors (Lipinski definition) is 0. The molecule has 1 unspecified atom stereocenters. The van der Waals surface area contributed by atoms with Crippen LogP contribution in [0.1, 0.15) is 5.56 Å². The number of rotatable bonds is 0. The van der Waals surface area contributed by atoms with Gasteiger partial charge in [-0.25, -0.2) is 0 Å². The fourth-order valence-electron chi connectivity index (χ4n) is 1.08. The molecule has 1 aromatic rings. The second-order valence-corrected chi connectivity index (χ2v) is 3.76. The van der Waals surface area contributed by atoms with Crippen LogP contribution in [0, 0.1) is 6.20 Å². The molecule has 2 rings (SSSR count). The number of fused-ring (bicyclic) bond motifs is 1. The van der Waals surface area contributed by atoms with Crippen molar-refractivity contribution in [2.45, 2.75) is 11.3 Å². The Labute approximate surface area is 62.5 Å². The van der Waals surface area contributed by atoms with E-state index >= 15 is 0 Å². The molecule has 0 fully saturated rings. The van der Waals surface area contributed by atoms with E-state index in [4.69, 9.17) is 0 Å². The summed E-state index contributed by atoms with van der Waals surface area (Å²) >= 11 is -0.769. The first kappa shape index (κ1) is 6.19. The summed E-state index contributed by atoms with van der Waals surface area (Å²) in [5.41, 5.74) is 1.12. The van der Waals surface area contributed by atoms with Crippen LogP contribution in [0.4, 0.5) is 0 Å². The van der Waals surface area contributed by atoms with E-state index < -0.39 is 11.2 Å². The number of hydrogen-bond acceptors (Lipinski definition) is 2. The summed E-state index contributed by atoms with van der Waals surface area (Å²) in [6.07, 6.45) is 5.34. The zero-order valence-electron chi connectivity index (χ0n) is 5.33. The van der Waals surface area contributed by atoms with Crippen molar-refractivity contribution in [3.63, 3.8) is 0 Å². The number of pyridine rings is 1. The average molecular weight is 152 g/mol. The van der Waals surface area contributed by atoms with E-state index in [1.807, 2.05) is 0 Å². The van der Waals surface area contributed by atoms with E-state index in [0.717, 1.165) is 22.6 Å². The van der Waals surface area contributed by atoms with Gasteiger partial charge >= 0.3 is 0 Å². The van der Waals surface area contributed by atoms with Crippen molar-refractivity contribution in [3.8, 4) is 0 Å². The Balaban J connectivity index is 2.51. The molecular formula is C7H6NOS. The molecule has 3 heteroatoms. The van der Waals surface area contributed by atoms with Crippen LogP contribution in [0.25, 0.3) is 0 Å². The Bertz CT molecular complexity index is 251. The molecular weight excluding hydrogens is 146 g/mol. The van der Waals surface area contributed by atoms with Crippen LogP contribution in [0.3, 0.4) is 0 Å². The SMILES string of the molecule is [O-][S+]1CCc2cn[c]cc21. The van der Waals surface area contributed by atoms with Gasteiger partial charge in [0.2, 0.25) is 0 Å². The highest BCUT2D eigenvalue weighted by Crippen LogP contribution is 2.23. The molecule has 1 atom stereocenters. The maximum Gasteiger partial charge on any atom is 0.159 e. The lowest BCUT2D eigenvalue weighted by Crippen LogP contribution is -1.98. The van der Waals surface area contributed by atoms with E-state index in [9.17, 15) is 4.55 Å². The molecule has 0 N–H and O–H groups in total. The first-order valence-corrected chi connectivity index (χ1v) is 4.43. The molecule has 1 aliphatic heterocycles. The van der Waals surface area contributed by atoms with Crippen molar-refractivity contribution >= 4 is 11.2 Å². The fraction of sp³-hybridized carbons (Fsp3) is 0.286. The van der Waals surface area contributed by atoms with Gasteiger partial charge in [-0.3, -0.25) is 4.98 Å². The van der Waals surface area contributed by atoms with Crippen LogP contribution in [-0.2, 0) is 17.6 Å². The lowest BCUT2D eigenvalue weighted by Gasteiger charge is -2.00. The topological polar surface area (TPSA) is 36.0 Å². The van der Waals surface area contributed by atoms with Gasteiger partial charge in [0.15, 0.2) is 4.90 Å². The quantitative estimate of drug-likeness (QED) is 0.509. The third-order valence-electron chi connectivity index (χ3n) is 1.61. The van der Waals surface area contributed by atoms with Crippen LogP contribution >= 0.6 is 0 Å². The van der Waals surface area contributed by atoms with Crippen molar-refractivity contribution in [2.24, 2.45) is 0 Å². The number of nitrogens with zero attached hydrogens (tertiary/aromatic N) is 1. The van der Waals surface area contributed by atoms with E-state index in [1.165, 1.54) is 0 Å². The lowest BCUT2D eigenvalue weighted by molar-refractivity contribution is 0.599. The Hall–Kier alpha value is -0.540. The van der Waals surface area contributed by atoms with Crippen LogP contribution in [0.5, 0.6) is 0 Å². The van der Waals surface area contributed by atoms with Crippen molar-refractivity contribution in [3.05, 3.63) is 24.0 Å². The van der Waals surface area contributed by atoms with Gasteiger partial charge in [0, 0.05) is 24.2 Å². The summed E-state index contributed by atoms with van der Waals surface area (Å²) in [6.45, 7) is 0. The van der Waals surface area contributed by atoms with Crippen molar-refractivity contribution in [1.82, 2.24) is 4.98 Å². The Morgan fingerprint density at radius 2 is 2.60 bits per heavy atom. The molecule has 0 saturated heterocycles. The zero-order chi connectivity index (χ0) is 6.97. The molecule has 1 aromatic heterocycles. The Morgan fingerprint density at radius 3 is 3.40 bits per heavy atom. The second kappa shape index (κ2) is 2.25. The Morgan fingerprint density at radius 1 is 1.70 bits per heavy atom. The molecule has 2 nitrogen and oxygen atoms in total. The third-order valence-corrected chi connectivity index (χ3v) is 3.05. The van der Waals surface area contributed by atoms with E-state index in [0.29, 0.717) is 0 Å². The molecule has 0 aliphatic carbocycles. The van der Waals surface area contributed by atoms with E-state index in [2.05, 4.69) is 11.2 Å². The monoisotopic (exact) mass is 152 g/mol. The lowest BCUT2D eigenvalue weighted by atomic mass is 10.2. The predicted octanol–water partition coefficient (Wildman–Crippen LogP) is 0.545. The van der Waals surface area contributed by atoms with Gasteiger partial charge < -0.3 is 4.55 Å². The average Bonchev–Trinajstić information content (AvgIpc) is 2.34. The largest absolute Gasteiger partial charge is 0.611 e. The fourth-order valence-corrected chi connectivity index (χ4v) is 2.34. The minimum absolute atomic E-state index is 0.759. The highest BCUT2D eigenvalue weighted by molar-refractivity contribution is 7.91. The highest BCUT2D eigenvalue weighted by Gasteiger charge is 2.23. The molecule has 0 spiro atoms. The molecule has 0 saturated carbocycles. The normalized spacial score (nSPS) is 22.7. The number of aromatic nitrogens is 1. The summed E-state index contributed by atoms with van der Waals surface area (Å²) in [5.74, 6) is 0.759. The predicted molar refractivity (Wildman–Crippen MR) is 38.1 cm³/mol. The molecule has 0 amide bonds.